The van der Waals surface area contributed by atoms with Crippen molar-refractivity contribution in [2.45, 2.75) is 39.7 Å². The minimum Gasteiger partial charge on any atom is -0.372 e. The van der Waals surface area contributed by atoms with Gasteiger partial charge in [-0.2, -0.15) is 0 Å². The number of hydrogen-bond donors (Lipinski definition) is 0. The maximum Gasteiger partial charge on any atom is 0.0366 e. The number of hydrogen-bond acceptors (Lipinski definition) is 1. The molecule has 1 heteroatoms. The Balaban J connectivity index is 2.96. The summed E-state index contributed by atoms with van der Waals surface area (Å²) in [5.74, 6) is 0.567. The van der Waals surface area contributed by atoms with Crippen LogP contribution in [0.15, 0.2) is 30.8 Å². The fourth-order valence-corrected chi connectivity index (χ4v) is 1.59. The molecule has 0 amide bonds. The zero-order valence-electron chi connectivity index (χ0n) is 11.1. The third-order valence-electron chi connectivity index (χ3n) is 3.09. The number of rotatable bonds is 4. The van der Waals surface area contributed by atoms with Crippen molar-refractivity contribution in [3.63, 3.8) is 0 Å². The van der Waals surface area contributed by atoms with E-state index in [1.807, 2.05) is 0 Å². The van der Waals surface area contributed by atoms with Crippen LogP contribution in [0.5, 0.6) is 0 Å². The normalized spacial score (nSPS) is 10.9. The van der Waals surface area contributed by atoms with E-state index in [-0.39, 0.29) is 0 Å². The average molecular weight is 217 g/mol. The first kappa shape index (κ1) is 12.8. The Morgan fingerprint density at radius 3 is 2.31 bits per heavy atom. The summed E-state index contributed by atoms with van der Waals surface area (Å²) in [4.78, 5) is 2.21. The summed E-state index contributed by atoms with van der Waals surface area (Å²) in [5.41, 5.74) is 3.69. The molecule has 0 heterocycles. The van der Waals surface area contributed by atoms with Crippen molar-refractivity contribution in [2.75, 3.05) is 7.05 Å². The van der Waals surface area contributed by atoms with E-state index in [1.165, 1.54) is 11.1 Å². The van der Waals surface area contributed by atoms with E-state index in [0.717, 1.165) is 5.70 Å². The Morgan fingerprint density at radius 1 is 1.19 bits per heavy atom. The summed E-state index contributed by atoms with van der Waals surface area (Å²) in [5, 5.41) is 0. The first-order chi connectivity index (χ1) is 7.43. The van der Waals surface area contributed by atoms with E-state index in [9.17, 15) is 0 Å². The maximum absolute atomic E-state index is 4.17. The largest absolute Gasteiger partial charge is 0.372 e. The van der Waals surface area contributed by atoms with Gasteiger partial charge in [0.25, 0.3) is 0 Å². The molecule has 0 fully saturated rings. The molecular formula is C15H23N. The molecule has 0 aliphatic heterocycles. The van der Waals surface area contributed by atoms with Crippen LogP contribution in [0.1, 0.15) is 44.7 Å². The summed E-state index contributed by atoms with van der Waals surface area (Å²) in [7, 11) is 2.09. The topological polar surface area (TPSA) is 3.24 Å². The van der Waals surface area contributed by atoms with Crippen LogP contribution < -0.4 is 0 Å². The Bertz CT molecular complexity index is 363. The summed E-state index contributed by atoms with van der Waals surface area (Å²) in [6.45, 7) is 13.0. The minimum absolute atomic E-state index is 0.482. The van der Waals surface area contributed by atoms with Crippen molar-refractivity contribution in [1.82, 2.24) is 4.90 Å². The lowest BCUT2D eigenvalue weighted by atomic mass is 9.99. The Morgan fingerprint density at radius 2 is 1.81 bits per heavy atom. The summed E-state index contributed by atoms with van der Waals surface area (Å²) in [6.07, 6.45) is 0. The van der Waals surface area contributed by atoms with Crippen LogP contribution >= 0.6 is 0 Å². The van der Waals surface area contributed by atoms with Crippen LogP contribution in [-0.2, 0) is 0 Å². The van der Waals surface area contributed by atoms with Crippen molar-refractivity contribution in [2.24, 2.45) is 0 Å². The molecule has 1 rings (SSSR count). The molecule has 16 heavy (non-hydrogen) atoms. The van der Waals surface area contributed by atoms with Crippen molar-refractivity contribution < 1.29 is 0 Å². The zero-order valence-corrected chi connectivity index (χ0v) is 11.1. The highest BCUT2D eigenvalue weighted by Crippen LogP contribution is 2.22. The van der Waals surface area contributed by atoms with E-state index in [0.29, 0.717) is 12.0 Å². The first-order valence-corrected chi connectivity index (χ1v) is 5.95. The second kappa shape index (κ2) is 5.20. The van der Waals surface area contributed by atoms with E-state index < -0.39 is 0 Å². The molecule has 0 aliphatic carbocycles. The highest BCUT2D eigenvalue weighted by atomic mass is 15.1. The highest BCUT2D eigenvalue weighted by molar-refractivity contribution is 5.62. The molecule has 0 bridgehead atoms. The van der Waals surface area contributed by atoms with Crippen LogP contribution in [0.25, 0.3) is 5.70 Å². The van der Waals surface area contributed by atoms with E-state index in [2.05, 4.69) is 70.5 Å². The molecular weight excluding hydrogens is 194 g/mol. The first-order valence-electron chi connectivity index (χ1n) is 5.95. The van der Waals surface area contributed by atoms with Gasteiger partial charge >= 0.3 is 0 Å². The van der Waals surface area contributed by atoms with E-state index in [1.54, 1.807) is 0 Å². The molecule has 1 aromatic rings. The van der Waals surface area contributed by atoms with Gasteiger partial charge in [0.1, 0.15) is 0 Å². The second-order valence-corrected chi connectivity index (χ2v) is 4.93. The molecule has 0 aromatic heterocycles. The fourth-order valence-electron chi connectivity index (χ4n) is 1.59. The second-order valence-electron chi connectivity index (χ2n) is 4.93. The molecule has 0 N–H and O–H groups in total. The van der Waals surface area contributed by atoms with Gasteiger partial charge in [-0.05, 0) is 37.0 Å². The van der Waals surface area contributed by atoms with Gasteiger partial charge in [0.2, 0.25) is 0 Å². The quantitative estimate of drug-likeness (QED) is 0.733. The van der Waals surface area contributed by atoms with Gasteiger partial charge in [0.15, 0.2) is 0 Å². The molecule has 0 atom stereocenters. The molecule has 0 aliphatic rings. The average Bonchev–Trinajstić information content (AvgIpc) is 2.27. The van der Waals surface area contributed by atoms with Crippen LogP contribution in [0, 0.1) is 0 Å². The Labute approximate surface area is 99.8 Å². The summed E-state index contributed by atoms with van der Waals surface area (Å²) < 4.78 is 0. The van der Waals surface area contributed by atoms with Gasteiger partial charge in [0, 0.05) is 18.8 Å². The van der Waals surface area contributed by atoms with Crippen molar-refractivity contribution in [3.05, 3.63) is 42.0 Å². The Hall–Kier alpha value is -1.24. The molecule has 1 nitrogen and oxygen atoms in total. The minimum atomic E-state index is 0.482. The summed E-state index contributed by atoms with van der Waals surface area (Å²) >= 11 is 0. The smallest absolute Gasteiger partial charge is 0.0366 e. The fraction of sp³-hybridized carbons (Fsp3) is 0.467. The van der Waals surface area contributed by atoms with Gasteiger partial charge in [0.05, 0.1) is 0 Å². The molecule has 0 saturated carbocycles. The molecule has 0 spiro atoms. The molecule has 0 unspecified atom stereocenters. The lowest BCUT2D eigenvalue weighted by Gasteiger charge is -2.26. The van der Waals surface area contributed by atoms with Crippen molar-refractivity contribution in [1.29, 1.82) is 0 Å². The molecule has 0 radical (unpaired) electrons. The van der Waals surface area contributed by atoms with Gasteiger partial charge in [-0.25, -0.2) is 0 Å². The predicted molar refractivity (Wildman–Crippen MR) is 72.5 cm³/mol. The molecule has 1 aromatic carbocycles. The van der Waals surface area contributed by atoms with Crippen LogP contribution in [0.3, 0.4) is 0 Å². The van der Waals surface area contributed by atoms with Crippen LogP contribution in [0.4, 0.5) is 0 Å². The highest BCUT2D eigenvalue weighted by Gasteiger charge is 2.09. The summed E-state index contributed by atoms with van der Waals surface area (Å²) in [6, 6.07) is 9.15. The Kier molecular flexibility index (Phi) is 4.17. The number of benzene rings is 1. The molecule has 88 valence electrons. The van der Waals surface area contributed by atoms with E-state index >= 15 is 0 Å². The lowest BCUT2D eigenvalue weighted by molar-refractivity contribution is 0.397. The standard InChI is InChI=1S/C15H23N/c1-11(2)14-8-7-9-15(10-14)13(5)16(6)12(3)4/h7-12H,5H2,1-4,6H3. The maximum atomic E-state index is 4.17. The van der Waals surface area contributed by atoms with Crippen LogP contribution in [0.2, 0.25) is 0 Å². The predicted octanol–water partition coefficient (Wildman–Crippen LogP) is 4.12. The third-order valence-corrected chi connectivity index (χ3v) is 3.09. The third kappa shape index (κ3) is 2.88. The van der Waals surface area contributed by atoms with Crippen molar-refractivity contribution in [3.8, 4) is 0 Å². The van der Waals surface area contributed by atoms with Gasteiger partial charge in [-0.1, -0.05) is 38.6 Å². The van der Waals surface area contributed by atoms with Gasteiger partial charge < -0.3 is 4.90 Å². The van der Waals surface area contributed by atoms with Crippen molar-refractivity contribution >= 4 is 5.70 Å². The van der Waals surface area contributed by atoms with Gasteiger partial charge in [-0.15, -0.1) is 0 Å². The zero-order chi connectivity index (χ0) is 12.3. The van der Waals surface area contributed by atoms with Crippen LogP contribution in [-0.4, -0.2) is 18.0 Å². The van der Waals surface area contributed by atoms with Gasteiger partial charge in [-0.3, -0.25) is 0 Å². The van der Waals surface area contributed by atoms with E-state index in [4.69, 9.17) is 0 Å². The SMILES string of the molecule is C=C(c1cccc(C(C)C)c1)N(C)C(C)C. The lowest BCUT2D eigenvalue weighted by Crippen LogP contribution is -2.24. The number of nitrogens with zero attached hydrogens (tertiary/aromatic N) is 1. The monoisotopic (exact) mass is 217 g/mol. The molecule has 0 saturated heterocycles.